The molecule has 0 spiro atoms. The fourth-order valence-electron chi connectivity index (χ4n) is 4.40. The van der Waals surface area contributed by atoms with Gasteiger partial charge in [-0.1, -0.05) is 130 Å². The fraction of sp³-hybridized carbons (Fsp3) is 0.564. The Kier molecular flexibility index (Phi) is 30.3. The summed E-state index contributed by atoms with van der Waals surface area (Å²) in [7, 11) is -4.38. The Hall–Kier alpha value is -2.74. The third-order valence-corrected chi connectivity index (χ3v) is 7.75. The number of allylic oxidation sites excluding steroid dienone is 15. The van der Waals surface area contributed by atoms with Crippen LogP contribution >= 0.6 is 0 Å². The van der Waals surface area contributed by atoms with Crippen LogP contribution in [0.4, 0.5) is 0 Å². The van der Waals surface area contributed by atoms with Crippen LogP contribution in [-0.4, -0.2) is 41.9 Å². The second-order valence-corrected chi connectivity index (χ2v) is 12.9. The van der Waals surface area contributed by atoms with Gasteiger partial charge in [0, 0.05) is 6.42 Å². The summed E-state index contributed by atoms with van der Waals surface area (Å²) in [5.74, 6) is -1.10. The number of aliphatic hydroxyl groups is 1. The van der Waals surface area contributed by atoms with E-state index in [0.29, 0.717) is 12.8 Å². The van der Waals surface area contributed by atoms with E-state index in [1.54, 1.807) is 6.08 Å². The normalized spacial score (nSPS) is 14.6. The Morgan fingerprint density at radius 1 is 0.609 bits per heavy atom. The molecule has 0 saturated heterocycles. The van der Waals surface area contributed by atoms with E-state index >= 15 is 0 Å². The molecule has 0 radical (unpaired) electrons. The van der Waals surface area contributed by atoms with Gasteiger partial charge in [0.15, 0.2) is 0 Å². The van der Waals surface area contributed by atoms with Crippen molar-refractivity contribution in [2.24, 2.45) is 0 Å². The Labute approximate surface area is 281 Å². The number of nitrogens with one attached hydrogen (secondary N) is 1. The third-order valence-electron chi connectivity index (χ3n) is 6.97. The average Bonchev–Trinajstić information content (AvgIpc) is 3.01. The topological polar surface area (TPSA) is 104 Å². The number of rotatable bonds is 29. The number of unbranched alkanes of at least 4 members (excludes halogenated alkanes) is 7. The highest BCUT2D eigenvalue weighted by atomic mass is 32.2. The lowest BCUT2D eigenvalue weighted by Crippen LogP contribution is -2.46. The Morgan fingerprint density at radius 3 is 1.59 bits per heavy atom. The van der Waals surface area contributed by atoms with Crippen molar-refractivity contribution >= 4 is 16.0 Å². The number of hydrogen-bond acceptors (Lipinski definition) is 4. The van der Waals surface area contributed by atoms with Crippen molar-refractivity contribution in [3.8, 4) is 0 Å². The van der Waals surface area contributed by atoms with Gasteiger partial charge in [0.25, 0.3) is 10.1 Å². The van der Waals surface area contributed by atoms with Crippen LogP contribution in [0.2, 0.25) is 0 Å². The molecule has 0 aromatic rings. The van der Waals surface area contributed by atoms with Crippen molar-refractivity contribution < 1.29 is 22.9 Å². The summed E-state index contributed by atoms with van der Waals surface area (Å²) in [4.78, 5) is 12.4. The number of amides is 1. The van der Waals surface area contributed by atoms with Gasteiger partial charge in [0.05, 0.1) is 17.9 Å². The molecule has 7 heteroatoms. The van der Waals surface area contributed by atoms with Crippen LogP contribution in [0.25, 0.3) is 0 Å². The summed E-state index contributed by atoms with van der Waals surface area (Å²) in [5.41, 5.74) is 0. The van der Waals surface area contributed by atoms with E-state index in [2.05, 4.69) is 98.2 Å². The first-order valence-corrected chi connectivity index (χ1v) is 19.0. The van der Waals surface area contributed by atoms with Crippen molar-refractivity contribution in [3.05, 3.63) is 97.2 Å². The van der Waals surface area contributed by atoms with E-state index in [1.165, 1.54) is 31.8 Å². The van der Waals surface area contributed by atoms with Gasteiger partial charge in [-0.05, 0) is 83.5 Å². The molecule has 0 aliphatic heterocycles. The predicted octanol–water partition coefficient (Wildman–Crippen LogP) is 9.84. The predicted molar refractivity (Wildman–Crippen MR) is 197 cm³/mol. The van der Waals surface area contributed by atoms with Crippen molar-refractivity contribution in [2.75, 3.05) is 5.75 Å². The van der Waals surface area contributed by atoms with E-state index in [1.807, 2.05) is 6.08 Å². The van der Waals surface area contributed by atoms with Crippen LogP contribution in [0.1, 0.15) is 123 Å². The second kappa shape index (κ2) is 32.2. The molecule has 6 nitrogen and oxygen atoms in total. The summed E-state index contributed by atoms with van der Waals surface area (Å²) in [6.45, 7) is 4.35. The molecule has 0 fully saturated rings. The lowest BCUT2D eigenvalue weighted by Gasteiger charge is -2.21. The molecule has 0 bridgehead atoms. The number of carbonyl (C=O) groups is 1. The van der Waals surface area contributed by atoms with Crippen LogP contribution < -0.4 is 5.32 Å². The van der Waals surface area contributed by atoms with Gasteiger partial charge in [-0.2, -0.15) is 8.42 Å². The van der Waals surface area contributed by atoms with Crippen LogP contribution in [0.5, 0.6) is 0 Å². The zero-order chi connectivity index (χ0) is 34.0. The highest BCUT2D eigenvalue weighted by molar-refractivity contribution is 7.85. The molecule has 260 valence electrons. The van der Waals surface area contributed by atoms with Gasteiger partial charge in [0.1, 0.15) is 0 Å². The fourth-order valence-corrected chi connectivity index (χ4v) is 5.13. The summed E-state index contributed by atoms with van der Waals surface area (Å²) in [6, 6.07) is -1.11. The quantitative estimate of drug-likeness (QED) is 0.0422. The van der Waals surface area contributed by atoms with Gasteiger partial charge in [-0.3, -0.25) is 9.35 Å². The van der Waals surface area contributed by atoms with Crippen LogP contribution in [0.15, 0.2) is 97.2 Å². The lowest BCUT2D eigenvalue weighted by atomic mass is 10.1. The van der Waals surface area contributed by atoms with Crippen LogP contribution in [0.3, 0.4) is 0 Å². The molecule has 0 aliphatic carbocycles. The van der Waals surface area contributed by atoms with Gasteiger partial charge in [-0.15, -0.1) is 0 Å². The molecular formula is C39H63NO5S. The Morgan fingerprint density at radius 2 is 1.07 bits per heavy atom. The zero-order valence-corrected chi connectivity index (χ0v) is 29.5. The van der Waals surface area contributed by atoms with Crippen molar-refractivity contribution in [3.63, 3.8) is 0 Å². The molecule has 3 N–H and O–H groups in total. The highest BCUT2D eigenvalue weighted by Gasteiger charge is 2.24. The smallest absolute Gasteiger partial charge is 0.267 e. The Bertz CT molecular complexity index is 1080. The average molecular weight is 658 g/mol. The molecule has 0 aromatic carbocycles. The van der Waals surface area contributed by atoms with E-state index in [4.69, 9.17) is 0 Å². The molecule has 2 atom stereocenters. The van der Waals surface area contributed by atoms with Gasteiger partial charge >= 0.3 is 0 Å². The lowest BCUT2D eigenvalue weighted by molar-refractivity contribution is -0.122. The first kappa shape index (κ1) is 43.3. The largest absolute Gasteiger partial charge is 0.387 e. The minimum Gasteiger partial charge on any atom is -0.387 e. The van der Waals surface area contributed by atoms with E-state index in [9.17, 15) is 22.9 Å². The van der Waals surface area contributed by atoms with Crippen LogP contribution in [-0.2, 0) is 14.9 Å². The molecule has 0 saturated carbocycles. The molecule has 0 aliphatic rings. The first-order valence-electron chi connectivity index (χ1n) is 17.4. The minimum absolute atomic E-state index is 0.200. The number of hydrogen-bond donors (Lipinski definition) is 3. The highest BCUT2D eigenvalue weighted by Crippen LogP contribution is 2.07. The molecular weight excluding hydrogens is 594 g/mol. The van der Waals surface area contributed by atoms with Crippen molar-refractivity contribution in [2.45, 2.75) is 135 Å². The van der Waals surface area contributed by atoms with Crippen molar-refractivity contribution in [1.82, 2.24) is 5.32 Å². The van der Waals surface area contributed by atoms with Crippen molar-refractivity contribution in [1.29, 1.82) is 0 Å². The molecule has 2 unspecified atom stereocenters. The maximum atomic E-state index is 12.4. The molecule has 46 heavy (non-hydrogen) atoms. The number of carbonyl (C=O) groups excluding carboxylic acids is 1. The standard InChI is InChI=1S/C39H63NO5S/c1-3-5-7-9-11-13-15-17-19-20-21-23-25-27-29-31-33-35-39(42)40-37(36-46(43,44)45)38(41)34-32-30-28-26-24-22-18-16-14-12-10-8-6-4-2/h5,7,11,13-14,16-17,19,21,23-24,26-27,29,32,34,37-38,41H,3-4,6,8-10,12,15,18,20,22,25,28,30-31,33,35-36H2,1-2H3,(H,40,42)(H,43,44,45)/b7-5-,13-11-,16-14+,19-17-,23-21-,26-24+,29-27-,34-32+. The molecule has 0 rings (SSSR count). The third kappa shape index (κ3) is 32.6. The monoisotopic (exact) mass is 657 g/mol. The SMILES string of the molecule is CC/C=C\C/C=C\C/C=C\C/C=C\C/C=C\CCCC(=O)NC(CS(=O)(=O)O)C(O)/C=C/CC/C=C/CC/C=C/CCCCCC. The first-order chi connectivity index (χ1) is 22.3. The number of aliphatic hydroxyl groups excluding tert-OH is 1. The second-order valence-electron chi connectivity index (χ2n) is 11.4. The van der Waals surface area contributed by atoms with E-state index in [0.717, 1.165) is 64.2 Å². The minimum atomic E-state index is -4.38. The van der Waals surface area contributed by atoms with Crippen LogP contribution in [0, 0.1) is 0 Å². The maximum Gasteiger partial charge on any atom is 0.267 e. The maximum absolute atomic E-state index is 12.4. The molecule has 1 amide bonds. The summed E-state index contributed by atoms with van der Waals surface area (Å²) in [6.07, 6.45) is 48.2. The van der Waals surface area contributed by atoms with Gasteiger partial charge in [0.2, 0.25) is 5.91 Å². The van der Waals surface area contributed by atoms with E-state index in [-0.39, 0.29) is 12.3 Å². The zero-order valence-electron chi connectivity index (χ0n) is 28.6. The molecule has 0 heterocycles. The van der Waals surface area contributed by atoms with Gasteiger partial charge in [-0.25, -0.2) is 0 Å². The van der Waals surface area contributed by atoms with Gasteiger partial charge < -0.3 is 10.4 Å². The summed E-state index contributed by atoms with van der Waals surface area (Å²) in [5, 5.41) is 13.1. The Balaban J connectivity index is 4.25. The molecule has 0 aromatic heterocycles. The van der Waals surface area contributed by atoms with E-state index < -0.39 is 28.0 Å². The summed E-state index contributed by atoms with van der Waals surface area (Å²) < 4.78 is 32.3. The summed E-state index contributed by atoms with van der Waals surface area (Å²) >= 11 is 0.